The van der Waals surface area contributed by atoms with Crippen molar-refractivity contribution in [3.8, 4) is 5.88 Å². The smallest absolute Gasteiger partial charge is 0.232 e. The Bertz CT molecular complexity index is 264. The average molecular weight is 211 g/mol. The minimum Gasteiger partial charge on any atom is -0.476 e. The highest BCUT2D eigenvalue weighted by Crippen LogP contribution is 2.04. The molecule has 0 amide bonds. The molecule has 1 aromatic rings. The van der Waals surface area contributed by atoms with Crippen LogP contribution in [0.3, 0.4) is 0 Å². The van der Waals surface area contributed by atoms with Gasteiger partial charge in [0.1, 0.15) is 0 Å². The molecule has 1 aromatic heterocycles. The van der Waals surface area contributed by atoms with E-state index in [1.807, 2.05) is 7.05 Å². The first-order valence-corrected chi connectivity index (χ1v) is 4.94. The lowest BCUT2D eigenvalue weighted by molar-refractivity contribution is 0.170. The number of ether oxygens (including phenoxy) is 2. The van der Waals surface area contributed by atoms with E-state index in [1.54, 1.807) is 19.5 Å². The van der Waals surface area contributed by atoms with Crippen LogP contribution in [-0.4, -0.2) is 37.3 Å². The van der Waals surface area contributed by atoms with Gasteiger partial charge in [0.25, 0.3) is 0 Å². The van der Waals surface area contributed by atoms with Crippen molar-refractivity contribution in [3.05, 3.63) is 18.1 Å². The van der Waals surface area contributed by atoms with E-state index >= 15 is 0 Å². The van der Waals surface area contributed by atoms with Crippen molar-refractivity contribution >= 4 is 0 Å². The molecule has 1 N–H and O–H groups in total. The zero-order valence-corrected chi connectivity index (χ0v) is 9.19. The molecule has 84 valence electrons. The minimum absolute atomic E-state index is 0.561. The quantitative estimate of drug-likeness (QED) is 0.670. The van der Waals surface area contributed by atoms with Crippen molar-refractivity contribution in [2.75, 3.05) is 27.4 Å². The lowest BCUT2D eigenvalue weighted by Gasteiger charge is -2.04. The molecule has 0 aliphatic heterocycles. The second-order valence-corrected chi connectivity index (χ2v) is 3.07. The zero-order chi connectivity index (χ0) is 10.9. The van der Waals surface area contributed by atoms with Crippen molar-refractivity contribution in [3.63, 3.8) is 0 Å². The van der Waals surface area contributed by atoms with E-state index < -0.39 is 0 Å². The standard InChI is InChI=1S/C10H17N3O2/c1-11-6-9-7-13-10(8-12-9)15-5-3-4-14-2/h7-8,11H,3-6H2,1-2H3. The topological polar surface area (TPSA) is 56.3 Å². The summed E-state index contributed by atoms with van der Waals surface area (Å²) in [5, 5.41) is 3.00. The van der Waals surface area contributed by atoms with Gasteiger partial charge < -0.3 is 14.8 Å². The first kappa shape index (κ1) is 11.9. The van der Waals surface area contributed by atoms with Gasteiger partial charge in [-0.2, -0.15) is 0 Å². The molecule has 1 rings (SSSR count). The van der Waals surface area contributed by atoms with E-state index in [0.29, 0.717) is 19.1 Å². The third-order valence-corrected chi connectivity index (χ3v) is 1.78. The molecule has 0 atom stereocenters. The number of nitrogens with one attached hydrogen (secondary N) is 1. The van der Waals surface area contributed by atoms with Gasteiger partial charge in [0.05, 0.1) is 24.7 Å². The Balaban J connectivity index is 2.29. The molecule has 0 aliphatic rings. The molecule has 0 bridgehead atoms. The molecule has 0 fully saturated rings. The summed E-state index contributed by atoms with van der Waals surface area (Å²) in [7, 11) is 3.54. The number of aromatic nitrogens is 2. The summed E-state index contributed by atoms with van der Waals surface area (Å²) >= 11 is 0. The van der Waals surface area contributed by atoms with E-state index in [4.69, 9.17) is 9.47 Å². The molecule has 5 heteroatoms. The molecule has 0 aromatic carbocycles. The number of hydrogen-bond donors (Lipinski definition) is 1. The van der Waals surface area contributed by atoms with E-state index in [-0.39, 0.29) is 0 Å². The zero-order valence-electron chi connectivity index (χ0n) is 9.19. The SMILES string of the molecule is CNCc1cnc(OCCCOC)cn1. The monoisotopic (exact) mass is 211 g/mol. The molecule has 0 radical (unpaired) electrons. The van der Waals surface area contributed by atoms with Crippen LogP contribution in [0, 0.1) is 0 Å². The number of hydrogen-bond acceptors (Lipinski definition) is 5. The van der Waals surface area contributed by atoms with Crippen molar-refractivity contribution in [1.29, 1.82) is 0 Å². The maximum absolute atomic E-state index is 5.37. The molecule has 1 heterocycles. The lowest BCUT2D eigenvalue weighted by Crippen LogP contribution is -2.08. The van der Waals surface area contributed by atoms with Crippen LogP contribution in [0.5, 0.6) is 5.88 Å². The first-order valence-electron chi connectivity index (χ1n) is 4.94. The number of rotatable bonds is 7. The second-order valence-electron chi connectivity index (χ2n) is 3.07. The maximum atomic E-state index is 5.37. The third kappa shape index (κ3) is 4.71. The highest BCUT2D eigenvalue weighted by atomic mass is 16.5. The fourth-order valence-corrected chi connectivity index (χ4v) is 1.07. The fraction of sp³-hybridized carbons (Fsp3) is 0.600. The summed E-state index contributed by atoms with van der Waals surface area (Å²) < 4.78 is 10.3. The maximum Gasteiger partial charge on any atom is 0.232 e. The number of nitrogens with zero attached hydrogens (tertiary/aromatic N) is 2. The van der Waals surface area contributed by atoms with Gasteiger partial charge in [-0.25, -0.2) is 4.98 Å². The Hall–Kier alpha value is -1.20. The predicted octanol–water partition coefficient (Wildman–Crippen LogP) is 0.611. The second kappa shape index (κ2) is 7.14. The van der Waals surface area contributed by atoms with Crippen LogP contribution < -0.4 is 10.1 Å². The van der Waals surface area contributed by atoms with Crippen molar-refractivity contribution in [2.45, 2.75) is 13.0 Å². The van der Waals surface area contributed by atoms with Gasteiger partial charge in [-0.15, -0.1) is 0 Å². The molecule has 0 unspecified atom stereocenters. The first-order chi connectivity index (χ1) is 7.36. The Kier molecular flexibility index (Phi) is 5.65. The normalized spacial score (nSPS) is 10.3. The molecule has 15 heavy (non-hydrogen) atoms. The summed E-state index contributed by atoms with van der Waals surface area (Å²) in [4.78, 5) is 8.32. The third-order valence-electron chi connectivity index (χ3n) is 1.78. The Morgan fingerprint density at radius 3 is 2.73 bits per heavy atom. The van der Waals surface area contributed by atoms with Crippen molar-refractivity contribution < 1.29 is 9.47 Å². The Morgan fingerprint density at radius 2 is 2.13 bits per heavy atom. The summed E-state index contributed by atoms with van der Waals surface area (Å²) in [6.45, 7) is 2.02. The lowest BCUT2D eigenvalue weighted by atomic mass is 10.4. The molecule has 0 spiro atoms. The van der Waals surface area contributed by atoms with Crippen LogP contribution >= 0.6 is 0 Å². The van der Waals surface area contributed by atoms with E-state index in [1.165, 1.54) is 0 Å². The molecule has 0 saturated carbocycles. The van der Waals surface area contributed by atoms with Gasteiger partial charge in [0.2, 0.25) is 5.88 Å². The molecule has 0 saturated heterocycles. The Labute approximate surface area is 89.8 Å². The molecule has 0 aliphatic carbocycles. The van der Waals surface area contributed by atoms with Crippen LogP contribution in [-0.2, 0) is 11.3 Å². The number of methoxy groups -OCH3 is 1. The summed E-state index contributed by atoms with van der Waals surface area (Å²) in [5.41, 5.74) is 0.904. The van der Waals surface area contributed by atoms with Crippen LogP contribution in [0.15, 0.2) is 12.4 Å². The molecule has 5 nitrogen and oxygen atoms in total. The van der Waals surface area contributed by atoms with Crippen LogP contribution in [0.4, 0.5) is 0 Å². The van der Waals surface area contributed by atoms with Gasteiger partial charge in [-0.05, 0) is 7.05 Å². The largest absolute Gasteiger partial charge is 0.476 e. The van der Waals surface area contributed by atoms with Crippen LogP contribution in [0.25, 0.3) is 0 Å². The van der Waals surface area contributed by atoms with E-state index in [0.717, 1.165) is 18.7 Å². The van der Waals surface area contributed by atoms with E-state index in [2.05, 4.69) is 15.3 Å². The van der Waals surface area contributed by atoms with Gasteiger partial charge in [0.15, 0.2) is 0 Å². The molecular weight excluding hydrogens is 194 g/mol. The Morgan fingerprint density at radius 1 is 1.27 bits per heavy atom. The van der Waals surface area contributed by atoms with Gasteiger partial charge in [-0.1, -0.05) is 0 Å². The van der Waals surface area contributed by atoms with Crippen LogP contribution in [0.2, 0.25) is 0 Å². The predicted molar refractivity (Wildman–Crippen MR) is 56.8 cm³/mol. The summed E-state index contributed by atoms with van der Waals surface area (Å²) in [6.07, 6.45) is 4.21. The highest BCUT2D eigenvalue weighted by Gasteiger charge is 1.97. The molecular formula is C10H17N3O2. The van der Waals surface area contributed by atoms with Gasteiger partial charge in [0, 0.05) is 26.7 Å². The van der Waals surface area contributed by atoms with Crippen LogP contribution in [0.1, 0.15) is 12.1 Å². The van der Waals surface area contributed by atoms with Gasteiger partial charge in [-0.3, -0.25) is 4.98 Å². The van der Waals surface area contributed by atoms with Crippen molar-refractivity contribution in [2.24, 2.45) is 0 Å². The van der Waals surface area contributed by atoms with E-state index in [9.17, 15) is 0 Å². The average Bonchev–Trinajstić information content (AvgIpc) is 2.27. The van der Waals surface area contributed by atoms with Crippen molar-refractivity contribution in [1.82, 2.24) is 15.3 Å². The minimum atomic E-state index is 0.561. The highest BCUT2D eigenvalue weighted by molar-refractivity contribution is 5.06. The summed E-state index contributed by atoms with van der Waals surface area (Å²) in [6, 6.07) is 0. The summed E-state index contributed by atoms with van der Waals surface area (Å²) in [5.74, 6) is 0.561. The van der Waals surface area contributed by atoms with Gasteiger partial charge >= 0.3 is 0 Å². The fourth-order valence-electron chi connectivity index (χ4n) is 1.07.